The first kappa shape index (κ1) is 8.55. The standard InChI is InChI=1S/C9H8N2O3/c1-5-6(2-3-14-5)8-7(9(12)13)4-10-11-8/h2-4H,1H3,(H,10,11)(H,12,13). The maximum Gasteiger partial charge on any atom is 0.339 e. The van der Waals surface area contributed by atoms with Crippen molar-refractivity contribution in [2.24, 2.45) is 0 Å². The molecule has 5 heteroatoms. The van der Waals surface area contributed by atoms with Crippen molar-refractivity contribution in [3.8, 4) is 11.3 Å². The number of carboxylic acid groups (broad SMARTS) is 1. The number of aromatic nitrogens is 2. The molecule has 0 saturated heterocycles. The van der Waals surface area contributed by atoms with E-state index >= 15 is 0 Å². The summed E-state index contributed by atoms with van der Waals surface area (Å²) in [6, 6.07) is 1.70. The molecule has 0 aliphatic rings. The van der Waals surface area contributed by atoms with Gasteiger partial charge >= 0.3 is 5.97 Å². The van der Waals surface area contributed by atoms with Crippen molar-refractivity contribution in [3.63, 3.8) is 0 Å². The molecular weight excluding hydrogens is 184 g/mol. The Hall–Kier alpha value is -2.04. The van der Waals surface area contributed by atoms with E-state index < -0.39 is 5.97 Å². The van der Waals surface area contributed by atoms with Crippen LogP contribution in [0.3, 0.4) is 0 Å². The second-order valence-electron chi connectivity index (χ2n) is 2.85. The van der Waals surface area contributed by atoms with Gasteiger partial charge in [0.05, 0.1) is 18.2 Å². The molecular formula is C9H8N2O3. The summed E-state index contributed by atoms with van der Waals surface area (Å²) >= 11 is 0. The number of rotatable bonds is 2. The van der Waals surface area contributed by atoms with Crippen LogP contribution in [0.1, 0.15) is 16.1 Å². The minimum atomic E-state index is -1.01. The van der Waals surface area contributed by atoms with Crippen LogP contribution in [0.2, 0.25) is 0 Å². The molecule has 0 spiro atoms. The van der Waals surface area contributed by atoms with Crippen LogP contribution in [0.4, 0.5) is 0 Å². The maximum atomic E-state index is 10.8. The number of aromatic amines is 1. The second-order valence-corrected chi connectivity index (χ2v) is 2.85. The third-order valence-corrected chi connectivity index (χ3v) is 2.00. The molecule has 2 rings (SSSR count). The molecule has 0 aliphatic carbocycles. The number of aryl methyl sites for hydroxylation is 1. The highest BCUT2D eigenvalue weighted by molar-refractivity contribution is 5.94. The molecule has 0 saturated carbocycles. The first-order valence-electron chi connectivity index (χ1n) is 4.01. The minimum Gasteiger partial charge on any atom is -0.478 e. The molecule has 0 radical (unpaired) electrons. The number of hydrogen-bond donors (Lipinski definition) is 2. The van der Waals surface area contributed by atoms with Crippen LogP contribution >= 0.6 is 0 Å². The van der Waals surface area contributed by atoms with E-state index in [2.05, 4.69) is 10.2 Å². The van der Waals surface area contributed by atoms with Gasteiger partial charge in [-0.3, -0.25) is 5.10 Å². The predicted octanol–water partition coefficient (Wildman–Crippen LogP) is 1.68. The van der Waals surface area contributed by atoms with Gasteiger partial charge in [0.1, 0.15) is 11.3 Å². The van der Waals surface area contributed by atoms with Crippen molar-refractivity contribution in [2.75, 3.05) is 0 Å². The number of nitrogens with zero attached hydrogens (tertiary/aromatic N) is 1. The van der Waals surface area contributed by atoms with Crippen molar-refractivity contribution < 1.29 is 14.3 Å². The Bertz CT molecular complexity index is 470. The van der Waals surface area contributed by atoms with Gasteiger partial charge in [0.2, 0.25) is 0 Å². The van der Waals surface area contributed by atoms with Crippen LogP contribution in [0, 0.1) is 6.92 Å². The number of furan rings is 1. The highest BCUT2D eigenvalue weighted by Crippen LogP contribution is 2.25. The van der Waals surface area contributed by atoms with E-state index in [-0.39, 0.29) is 5.56 Å². The van der Waals surface area contributed by atoms with Gasteiger partial charge in [-0.05, 0) is 13.0 Å². The Balaban J connectivity index is 2.57. The number of carboxylic acids is 1. The maximum absolute atomic E-state index is 10.8. The second kappa shape index (κ2) is 3.02. The minimum absolute atomic E-state index is 0.148. The molecule has 0 unspecified atom stereocenters. The lowest BCUT2D eigenvalue weighted by atomic mass is 10.1. The highest BCUT2D eigenvalue weighted by atomic mass is 16.4. The molecule has 0 aliphatic heterocycles. The van der Waals surface area contributed by atoms with Gasteiger partial charge in [-0.25, -0.2) is 4.79 Å². The molecule has 2 N–H and O–H groups in total. The summed E-state index contributed by atoms with van der Waals surface area (Å²) in [5.41, 5.74) is 1.35. The fraction of sp³-hybridized carbons (Fsp3) is 0.111. The molecule has 2 heterocycles. The van der Waals surface area contributed by atoms with E-state index in [9.17, 15) is 4.79 Å². The molecule has 0 fully saturated rings. The monoisotopic (exact) mass is 192 g/mol. The normalized spacial score (nSPS) is 10.4. The number of hydrogen-bond acceptors (Lipinski definition) is 3. The summed E-state index contributed by atoms with van der Waals surface area (Å²) in [6.45, 7) is 1.77. The van der Waals surface area contributed by atoms with Crippen molar-refractivity contribution in [3.05, 3.63) is 29.9 Å². The van der Waals surface area contributed by atoms with Crippen LogP contribution in [0.5, 0.6) is 0 Å². The van der Waals surface area contributed by atoms with E-state index in [1.165, 1.54) is 12.5 Å². The SMILES string of the molecule is Cc1occc1-c1[nH]ncc1C(=O)O. The molecule has 0 atom stereocenters. The molecule has 5 nitrogen and oxygen atoms in total. The van der Waals surface area contributed by atoms with Crippen molar-refractivity contribution in [1.82, 2.24) is 10.2 Å². The van der Waals surface area contributed by atoms with Crippen molar-refractivity contribution in [2.45, 2.75) is 6.92 Å². The van der Waals surface area contributed by atoms with E-state index in [0.29, 0.717) is 11.5 Å². The van der Waals surface area contributed by atoms with Crippen LogP contribution in [-0.2, 0) is 0 Å². The molecule has 2 aromatic rings. The van der Waals surface area contributed by atoms with Gasteiger partial charge in [-0.15, -0.1) is 0 Å². The van der Waals surface area contributed by atoms with E-state index in [1.807, 2.05) is 0 Å². The summed E-state index contributed by atoms with van der Waals surface area (Å²) in [6.07, 6.45) is 2.79. The molecule has 0 aromatic carbocycles. The topological polar surface area (TPSA) is 79.1 Å². The van der Waals surface area contributed by atoms with Gasteiger partial charge in [0.25, 0.3) is 0 Å². The largest absolute Gasteiger partial charge is 0.478 e. The Kier molecular flexibility index (Phi) is 1.85. The third kappa shape index (κ3) is 1.19. The zero-order valence-corrected chi connectivity index (χ0v) is 7.44. The fourth-order valence-corrected chi connectivity index (χ4v) is 1.30. The highest BCUT2D eigenvalue weighted by Gasteiger charge is 2.16. The lowest BCUT2D eigenvalue weighted by Gasteiger charge is -1.96. The van der Waals surface area contributed by atoms with Gasteiger partial charge in [-0.1, -0.05) is 0 Å². The predicted molar refractivity (Wildman–Crippen MR) is 48.0 cm³/mol. The van der Waals surface area contributed by atoms with Crippen LogP contribution in [0.15, 0.2) is 22.9 Å². The number of carbonyl (C=O) groups is 1. The first-order chi connectivity index (χ1) is 6.70. The molecule has 14 heavy (non-hydrogen) atoms. The molecule has 2 aromatic heterocycles. The summed E-state index contributed by atoms with van der Waals surface area (Å²) in [4.78, 5) is 10.8. The molecule has 0 bridgehead atoms. The Morgan fingerprint density at radius 2 is 2.43 bits per heavy atom. The molecule has 0 amide bonds. The lowest BCUT2D eigenvalue weighted by Crippen LogP contribution is -1.96. The average molecular weight is 192 g/mol. The van der Waals surface area contributed by atoms with Gasteiger partial charge in [0.15, 0.2) is 0 Å². The zero-order chi connectivity index (χ0) is 10.1. The van der Waals surface area contributed by atoms with Gasteiger partial charge < -0.3 is 9.52 Å². The van der Waals surface area contributed by atoms with E-state index in [1.54, 1.807) is 13.0 Å². The van der Waals surface area contributed by atoms with Gasteiger partial charge in [-0.2, -0.15) is 5.10 Å². The quantitative estimate of drug-likeness (QED) is 0.758. The van der Waals surface area contributed by atoms with Crippen molar-refractivity contribution >= 4 is 5.97 Å². The zero-order valence-electron chi connectivity index (χ0n) is 7.44. The molecule has 72 valence electrons. The Labute approximate surface area is 79.4 Å². The number of H-pyrrole nitrogens is 1. The van der Waals surface area contributed by atoms with Crippen LogP contribution in [-0.4, -0.2) is 21.3 Å². The van der Waals surface area contributed by atoms with E-state index in [4.69, 9.17) is 9.52 Å². The summed E-state index contributed by atoms with van der Waals surface area (Å²) in [7, 11) is 0. The van der Waals surface area contributed by atoms with Crippen LogP contribution in [0.25, 0.3) is 11.3 Å². The summed E-state index contributed by atoms with van der Waals surface area (Å²) < 4.78 is 5.08. The van der Waals surface area contributed by atoms with E-state index in [0.717, 1.165) is 5.56 Å². The number of aromatic carboxylic acids is 1. The van der Waals surface area contributed by atoms with Crippen molar-refractivity contribution in [1.29, 1.82) is 0 Å². The average Bonchev–Trinajstić information content (AvgIpc) is 2.70. The Morgan fingerprint density at radius 3 is 3.00 bits per heavy atom. The number of nitrogens with one attached hydrogen (secondary N) is 1. The fourth-order valence-electron chi connectivity index (χ4n) is 1.30. The smallest absolute Gasteiger partial charge is 0.339 e. The summed E-state index contributed by atoms with van der Waals surface area (Å²) in [5, 5.41) is 15.2. The summed E-state index contributed by atoms with van der Waals surface area (Å²) in [5.74, 6) is -0.342. The van der Waals surface area contributed by atoms with Gasteiger partial charge in [0, 0.05) is 5.56 Å². The first-order valence-corrected chi connectivity index (χ1v) is 4.01. The Morgan fingerprint density at radius 1 is 1.64 bits per heavy atom. The third-order valence-electron chi connectivity index (χ3n) is 2.00. The van der Waals surface area contributed by atoms with Crippen LogP contribution < -0.4 is 0 Å². The lowest BCUT2D eigenvalue weighted by molar-refractivity contribution is 0.0698.